The van der Waals surface area contributed by atoms with Crippen LogP contribution >= 0.6 is 0 Å². The van der Waals surface area contributed by atoms with Gasteiger partial charge in [-0.25, -0.2) is 4.39 Å². The average Bonchev–Trinajstić information content (AvgIpc) is 3.14. The van der Waals surface area contributed by atoms with Gasteiger partial charge in [-0.05, 0) is 59.4 Å². The molecular weight excluding hydrogens is 417 g/mol. The summed E-state index contributed by atoms with van der Waals surface area (Å²) in [5.41, 5.74) is 4.72. The zero-order valence-corrected chi connectivity index (χ0v) is 18.8. The molecular formula is C28H26FNO3. The molecule has 2 heterocycles. The molecule has 4 nitrogen and oxygen atoms in total. The molecule has 0 atom stereocenters. The number of halogens is 1. The summed E-state index contributed by atoms with van der Waals surface area (Å²) in [6.07, 6.45) is 2.58. The molecule has 0 bridgehead atoms. The van der Waals surface area contributed by atoms with E-state index in [1.165, 1.54) is 17.7 Å². The topological polar surface area (TPSA) is 38.8 Å². The minimum Gasteiger partial charge on any atom is -0.478 e. The molecule has 3 aromatic carbocycles. The molecule has 3 aromatic rings. The molecule has 0 saturated heterocycles. The minimum absolute atomic E-state index is 0.107. The van der Waals surface area contributed by atoms with E-state index in [0.29, 0.717) is 36.3 Å². The fourth-order valence-corrected chi connectivity index (χ4v) is 4.21. The van der Waals surface area contributed by atoms with Crippen LogP contribution in [0.1, 0.15) is 52.4 Å². The predicted molar refractivity (Wildman–Crippen MR) is 126 cm³/mol. The molecule has 168 valence electrons. The maximum Gasteiger partial charge on any atom is 0.231 e. The number of rotatable bonds is 5. The third-order valence-electron chi connectivity index (χ3n) is 6.21. The lowest BCUT2D eigenvalue weighted by Crippen LogP contribution is -2.33. The van der Waals surface area contributed by atoms with Gasteiger partial charge in [0.05, 0.1) is 11.1 Å². The number of benzene rings is 3. The maximum absolute atomic E-state index is 13.1. The largest absolute Gasteiger partial charge is 0.478 e. The van der Waals surface area contributed by atoms with Crippen molar-refractivity contribution in [1.29, 1.82) is 0 Å². The highest BCUT2D eigenvalue weighted by Gasteiger charge is 2.33. The van der Waals surface area contributed by atoms with Crippen LogP contribution in [0.3, 0.4) is 0 Å². The van der Waals surface area contributed by atoms with E-state index in [4.69, 9.17) is 9.47 Å². The third-order valence-corrected chi connectivity index (χ3v) is 6.21. The van der Waals surface area contributed by atoms with Gasteiger partial charge in [-0.1, -0.05) is 50.2 Å². The number of nitrogens with zero attached hydrogens (tertiary/aromatic N) is 1. The van der Waals surface area contributed by atoms with E-state index in [-0.39, 0.29) is 11.6 Å². The van der Waals surface area contributed by atoms with E-state index in [0.717, 1.165) is 35.4 Å². The van der Waals surface area contributed by atoms with Crippen molar-refractivity contribution in [2.75, 3.05) is 13.3 Å². The number of hydrogen-bond acceptors (Lipinski definition) is 4. The fourth-order valence-electron chi connectivity index (χ4n) is 4.21. The van der Waals surface area contributed by atoms with Crippen molar-refractivity contribution in [2.45, 2.75) is 32.7 Å². The van der Waals surface area contributed by atoms with Crippen LogP contribution in [0.4, 0.5) is 4.39 Å². The molecule has 2 aliphatic rings. The summed E-state index contributed by atoms with van der Waals surface area (Å²) < 4.78 is 25.2. The van der Waals surface area contributed by atoms with Gasteiger partial charge in [-0.3, -0.25) is 9.69 Å². The molecule has 0 amide bonds. The number of Topliss-reactive ketones (excluding diaryl/α,β-unsaturated/α-hetero) is 1. The van der Waals surface area contributed by atoms with Crippen molar-refractivity contribution < 1.29 is 18.7 Å². The summed E-state index contributed by atoms with van der Waals surface area (Å²) in [5.74, 6) is 1.79. The summed E-state index contributed by atoms with van der Waals surface area (Å²) >= 11 is 0. The van der Waals surface area contributed by atoms with Gasteiger partial charge in [0, 0.05) is 13.1 Å². The van der Waals surface area contributed by atoms with E-state index < -0.39 is 0 Å². The summed E-state index contributed by atoms with van der Waals surface area (Å²) in [6.45, 7) is 6.16. The Labute approximate surface area is 193 Å². The molecule has 5 rings (SSSR count). The van der Waals surface area contributed by atoms with Crippen molar-refractivity contribution >= 4 is 11.9 Å². The molecule has 0 unspecified atom stereocenters. The summed E-state index contributed by atoms with van der Waals surface area (Å²) in [7, 11) is 0. The van der Waals surface area contributed by atoms with E-state index in [1.807, 2.05) is 18.2 Å². The molecule has 33 heavy (non-hydrogen) atoms. The SMILES string of the molecule is CC(C)c1ccc(/C=C2\Oc3c(ccc4c3CN(CCc3ccc(F)cc3)CO4)C2=O)cc1. The zero-order chi connectivity index (χ0) is 22.9. The number of ether oxygens (including phenoxy) is 2. The highest BCUT2D eigenvalue weighted by molar-refractivity contribution is 6.15. The second kappa shape index (κ2) is 8.83. The normalized spacial score (nSPS) is 16.5. The molecule has 0 aliphatic carbocycles. The van der Waals surface area contributed by atoms with Crippen molar-refractivity contribution in [3.8, 4) is 11.5 Å². The van der Waals surface area contributed by atoms with Crippen LogP contribution in [0.25, 0.3) is 6.08 Å². The van der Waals surface area contributed by atoms with Gasteiger partial charge in [0.25, 0.3) is 0 Å². The van der Waals surface area contributed by atoms with Crippen molar-refractivity contribution in [3.05, 3.63) is 100 Å². The number of fused-ring (bicyclic) bond motifs is 3. The lowest BCUT2D eigenvalue weighted by molar-refractivity contribution is 0.0949. The fraction of sp³-hybridized carbons (Fsp3) is 0.250. The van der Waals surface area contributed by atoms with Gasteiger partial charge in [0.2, 0.25) is 5.78 Å². The van der Waals surface area contributed by atoms with Crippen LogP contribution in [-0.2, 0) is 13.0 Å². The molecule has 0 radical (unpaired) electrons. The van der Waals surface area contributed by atoms with Gasteiger partial charge in [-0.2, -0.15) is 0 Å². The Morgan fingerprint density at radius 1 is 1.03 bits per heavy atom. The summed E-state index contributed by atoms with van der Waals surface area (Å²) in [6, 6.07) is 18.4. The Balaban J connectivity index is 1.33. The number of ketones is 1. The Morgan fingerprint density at radius 3 is 2.52 bits per heavy atom. The highest BCUT2D eigenvalue weighted by Crippen LogP contribution is 2.42. The van der Waals surface area contributed by atoms with Gasteiger partial charge in [0.15, 0.2) is 5.76 Å². The standard InChI is InChI=1S/C28H26FNO3/c1-18(2)21-7-3-20(4-8-21)15-26-27(31)23-11-12-25-24(28(23)33-26)16-30(17-32-25)14-13-19-5-9-22(29)10-6-19/h3-12,15,18H,13-14,16-17H2,1-2H3/b26-15-. The van der Waals surface area contributed by atoms with Crippen LogP contribution in [-0.4, -0.2) is 24.0 Å². The lowest BCUT2D eigenvalue weighted by Gasteiger charge is -2.29. The Bertz CT molecular complexity index is 1210. The maximum atomic E-state index is 13.1. The Morgan fingerprint density at radius 2 is 1.79 bits per heavy atom. The molecule has 0 spiro atoms. The molecule has 0 aromatic heterocycles. The molecule has 2 aliphatic heterocycles. The van der Waals surface area contributed by atoms with Crippen LogP contribution in [0.2, 0.25) is 0 Å². The monoisotopic (exact) mass is 443 g/mol. The molecule has 5 heteroatoms. The number of hydrogen-bond donors (Lipinski definition) is 0. The van der Waals surface area contributed by atoms with Gasteiger partial charge < -0.3 is 9.47 Å². The Kier molecular flexibility index (Phi) is 5.73. The van der Waals surface area contributed by atoms with Gasteiger partial charge >= 0.3 is 0 Å². The molecule has 0 saturated carbocycles. The number of carbonyl (C=O) groups excluding carboxylic acids is 1. The van der Waals surface area contributed by atoms with Crippen LogP contribution in [0.5, 0.6) is 11.5 Å². The quantitative estimate of drug-likeness (QED) is 0.456. The second-order valence-corrected chi connectivity index (χ2v) is 8.88. The van der Waals surface area contributed by atoms with E-state index in [9.17, 15) is 9.18 Å². The third kappa shape index (κ3) is 4.41. The Hall–Kier alpha value is -3.44. The van der Waals surface area contributed by atoms with E-state index in [2.05, 4.69) is 30.9 Å². The first-order valence-corrected chi connectivity index (χ1v) is 11.3. The van der Waals surface area contributed by atoms with E-state index >= 15 is 0 Å². The average molecular weight is 444 g/mol. The second-order valence-electron chi connectivity index (χ2n) is 8.88. The predicted octanol–water partition coefficient (Wildman–Crippen LogP) is 5.96. The van der Waals surface area contributed by atoms with Crippen molar-refractivity contribution in [3.63, 3.8) is 0 Å². The first-order chi connectivity index (χ1) is 16.0. The van der Waals surface area contributed by atoms with Crippen molar-refractivity contribution in [2.24, 2.45) is 0 Å². The smallest absolute Gasteiger partial charge is 0.231 e. The first-order valence-electron chi connectivity index (χ1n) is 11.3. The van der Waals surface area contributed by atoms with Gasteiger partial charge in [0.1, 0.15) is 24.0 Å². The number of carbonyl (C=O) groups is 1. The van der Waals surface area contributed by atoms with Crippen LogP contribution in [0, 0.1) is 5.82 Å². The lowest BCUT2D eigenvalue weighted by atomic mass is 10.0. The first kappa shape index (κ1) is 21.4. The van der Waals surface area contributed by atoms with Gasteiger partial charge in [-0.15, -0.1) is 0 Å². The minimum atomic E-state index is -0.230. The molecule has 0 fully saturated rings. The summed E-state index contributed by atoms with van der Waals surface area (Å²) in [4.78, 5) is 15.2. The van der Waals surface area contributed by atoms with E-state index in [1.54, 1.807) is 24.3 Å². The summed E-state index contributed by atoms with van der Waals surface area (Å²) in [5, 5.41) is 0. The molecule has 0 N–H and O–H groups in total. The van der Waals surface area contributed by atoms with Crippen LogP contribution < -0.4 is 9.47 Å². The zero-order valence-electron chi connectivity index (χ0n) is 18.8. The number of allylic oxidation sites excluding steroid dienone is 1. The highest BCUT2D eigenvalue weighted by atomic mass is 19.1. The van der Waals surface area contributed by atoms with Crippen LogP contribution in [0.15, 0.2) is 66.4 Å². The van der Waals surface area contributed by atoms with Crippen molar-refractivity contribution in [1.82, 2.24) is 4.90 Å².